The van der Waals surface area contributed by atoms with Gasteiger partial charge in [0.25, 0.3) is 0 Å². The summed E-state index contributed by atoms with van der Waals surface area (Å²) >= 11 is 0. The lowest BCUT2D eigenvalue weighted by Gasteiger charge is -2.58. The van der Waals surface area contributed by atoms with Gasteiger partial charge in [0.1, 0.15) is 17.3 Å². The molecule has 0 bridgehead atoms. The first-order chi connectivity index (χ1) is 27.1. The van der Waals surface area contributed by atoms with E-state index in [1.807, 2.05) is 41.5 Å². The van der Waals surface area contributed by atoms with Crippen LogP contribution in [-0.4, -0.2) is 72.4 Å². The third kappa shape index (κ3) is 13.6. The Morgan fingerprint density at radius 3 is 2.05 bits per heavy atom. The fourth-order valence-corrected chi connectivity index (χ4v) is 11.4. The molecule has 0 aromatic carbocycles. The van der Waals surface area contributed by atoms with Gasteiger partial charge >= 0.3 is 18.2 Å². The Labute approximate surface area is 352 Å². The highest BCUT2D eigenvalue weighted by Crippen LogP contribution is 2.67. The summed E-state index contributed by atoms with van der Waals surface area (Å²) in [5.41, 5.74) is 0.992. The van der Waals surface area contributed by atoms with E-state index in [0.29, 0.717) is 56.8 Å². The van der Waals surface area contributed by atoms with E-state index < -0.39 is 23.4 Å². The number of unbranched alkanes of at least 4 members (excludes halogenated alkanes) is 1. The van der Waals surface area contributed by atoms with Crippen LogP contribution in [0.5, 0.6) is 0 Å². The van der Waals surface area contributed by atoms with Crippen LogP contribution in [0.1, 0.15) is 179 Å². The number of amides is 3. The summed E-state index contributed by atoms with van der Waals surface area (Å²) < 4.78 is 16.7. The van der Waals surface area contributed by atoms with Crippen LogP contribution < -0.4 is 10.6 Å². The first-order valence-electron chi connectivity index (χ1n) is 23.2. The highest BCUT2D eigenvalue weighted by Gasteiger charge is 2.59. The molecule has 3 saturated carbocycles. The van der Waals surface area contributed by atoms with Gasteiger partial charge in [0.15, 0.2) is 0 Å². The largest absolute Gasteiger partial charge is 0.462 e. The normalized spacial score (nSPS) is 28.6. The number of allylic oxidation sites excluding steroid dienone is 1. The maximum absolute atomic E-state index is 13.5. The molecule has 8 atom stereocenters. The van der Waals surface area contributed by atoms with Crippen molar-refractivity contribution in [3.8, 4) is 0 Å². The quantitative estimate of drug-likeness (QED) is 0.0611. The van der Waals surface area contributed by atoms with Crippen molar-refractivity contribution in [2.24, 2.45) is 46.3 Å². The van der Waals surface area contributed by atoms with Crippen molar-refractivity contribution in [1.29, 1.82) is 0 Å². The van der Waals surface area contributed by atoms with Gasteiger partial charge in [-0.3, -0.25) is 9.59 Å². The number of rotatable bonds is 18. The number of carbonyl (C=O) groups is 4. The number of nitrogens with zero attached hydrogens (tertiary/aromatic N) is 1. The van der Waals surface area contributed by atoms with Gasteiger partial charge in [-0.15, -0.1) is 0 Å². The SMILES string of the molecule is CC(C)CCCC(C)C1CCC2C3CC=C4CC(OC(=O)CCC(=O)N(CCCCNC(=O)OC(C)(C)C)CCCNC(=O)OC(C)(C)C)CCC4(C)C3CCC12C. The number of alkyl carbamates (subject to hydrolysis) is 2. The molecule has 0 aliphatic heterocycles. The number of fused-ring (bicyclic) bond motifs is 5. The van der Waals surface area contributed by atoms with E-state index >= 15 is 0 Å². The maximum atomic E-state index is 13.5. The molecule has 0 aromatic rings. The highest BCUT2D eigenvalue weighted by atomic mass is 16.6. The van der Waals surface area contributed by atoms with E-state index in [0.717, 1.165) is 48.9 Å². The Hall–Kier alpha value is -2.78. The van der Waals surface area contributed by atoms with Gasteiger partial charge in [0.05, 0.1) is 6.42 Å². The molecule has 3 fully saturated rings. The fourth-order valence-electron chi connectivity index (χ4n) is 11.4. The lowest BCUT2D eigenvalue weighted by atomic mass is 9.47. The minimum atomic E-state index is -0.593. The second-order valence-corrected chi connectivity index (χ2v) is 21.4. The number of esters is 1. The Bertz CT molecular complexity index is 1410. The first-order valence-corrected chi connectivity index (χ1v) is 23.2. The van der Waals surface area contributed by atoms with Gasteiger partial charge in [0.2, 0.25) is 5.91 Å². The minimum absolute atomic E-state index is 0.0422. The smallest absolute Gasteiger partial charge is 0.407 e. The lowest BCUT2D eigenvalue weighted by molar-refractivity contribution is -0.153. The van der Waals surface area contributed by atoms with Crippen molar-refractivity contribution in [2.45, 2.75) is 196 Å². The van der Waals surface area contributed by atoms with Crippen molar-refractivity contribution in [3.63, 3.8) is 0 Å². The summed E-state index contributed by atoms with van der Waals surface area (Å²) in [5, 5.41) is 5.53. The molecule has 3 amide bonds. The molecule has 2 N–H and O–H groups in total. The molecule has 58 heavy (non-hydrogen) atoms. The van der Waals surface area contributed by atoms with Gasteiger partial charge in [-0.2, -0.15) is 0 Å². The summed E-state index contributed by atoms with van der Waals surface area (Å²) in [4.78, 5) is 52.6. The van der Waals surface area contributed by atoms with E-state index in [9.17, 15) is 19.2 Å². The molecule has 0 radical (unpaired) electrons. The molecule has 4 aliphatic carbocycles. The Morgan fingerprint density at radius 2 is 1.41 bits per heavy atom. The average Bonchev–Trinajstić information content (AvgIpc) is 3.47. The molecule has 0 heterocycles. The number of nitrogens with one attached hydrogen (secondary N) is 2. The fraction of sp³-hybridized carbons (Fsp3) is 0.875. The molecule has 8 unspecified atom stereocenters. The van der Waals surface area contributed by atoms with E-state index in [-0.39, 0.29) is 36.2 Å². The van der Waals surface area contributed by atoms with Crippen molar-refractivity contribution >= 4 is 24.1 Å². The predicted molar refractivity (Wildman–Crippen MR) is 231 cm³/mol. The van der Waals surface area contributed by atoms with E-state index in [4.69, 9.17) is 14.2 Å². The summed E-state index contributed by atoms with van der Waals surface area (Å²) in [7, 11) is 0. The van der Waals surface area contributed by atoms with Gasteiger partial charge in [-0.05, 0) is 152 Å². The third-order valence-electron chi connectivity index (χ3n) is 14.2. The summed E-state index contributed by atoms with van der Waals surface area (Å²) in [5.74, 6) is 4.34. The molecular formula is C48H83N3O7. The van der Waals surface area contributed by atoms with Gasteiger partial charge < -0.3 is 29.7 Å². The Balaban J connectivity index is 1.26. The van der Waals surface area contributed by atoms with Crippen LogP contribution in [0.2, 0.25) is 0 Å². The number of ether oxygens (including phenoxy) is 3. The summed E-state index contributed by atoms with van der Waals surface area (Å²) in [6.45, 7) is 25.0. The van der Waals surface area contributed by atoms with Crippen molar-refractivity contribution in [2.75, 3.05) is 26.2 Å². The van der Waals surface area contributed by atoms with Gasteiger partial charge in [-0.1, -0.05) is 65.5 Å². The molecule has 332 valence electrons. The summed E-state index contributed by atoms with van der Waals surface area (Å²) in [6.07, 6.45) is 16.9. The van der Waals surface area contributed by atoms with Crippen molar-refractivity contribution in [3.05, 3.63) is 11.6 Å². The van der Waals surface area contributed by atoms with Crippen LogP contribution in [-0.2, 0) is 23.8 Å². The molecular weight excluding hydrogens is 731 g/mol. The Kier molecular flexibility index (Phi) is 17.1. The minimum Gasteiger partial charge on any atom is -0.462 e. The second kappa shape index (κ2) is 20.7. The second-order valence-electron chi connectivity index (χ2n) is 21.4. The monoisotopic (exact) mass is 814 g/mol. The van der Waals surface area contributed by atoms with Crippen LogP contribution in [0, 0.1) is 46.3 Å². The molecule has 0 spiro atoms. The molecule has 4 aliphatic rings. The maximum Gasteiger partial charge on any atom is 0.407 e. The summed E-state index contributed by atoms with van der Waals surface area (Å²) in [6, 6.07) is 0. The number of carbonyl (C=O) groups excluding carboxylic acids is 4. The molecule has 0 saturated heterocycles. The van der Waals surface area contributed by atoms with Crippen LogP contribution >= 0.6 is 0 Å². The molecule has 10 heteroatoms. The predicted octanol–water partition coefficient (Wildman–Crippen LogP) is 10.8. The zero-order valence-corrected chi connectivity index (χ0v) is 38.6. The van der Waals surface area contributed by atoms with Crippen LogP contribution in [0.3, 0.4) is 0 Å². The molecule has 0 aromatic heterocycles. The van der Waals surface area contributed by atoms with Crippen LogP contribution in [0.15, 0.2) is 11.6 Å². The van der Waals surface area contributed by atoms with E-state index in [1.165, 1.54) is 56.9 Å². The average molecular weight is 814 g/mol. The topological polar surface area (TPSA) is 123 Å². The number of hydrogen-bond donors (Lipinski definition) is 2. The molecule has 10 nitrogen and oxygen atoms in total. The van der Waals surface area contributed by atoms with Crippen molar-refractivity contribution in [1.82, 2.24) is 15.5 Å². The van der Waals surface area contributed by atoms with Crippen LogP contribution in [0.25, 0.3) is 0 Å². The molecule has 4 rings (SSSR count). The standard InChI is InChI=1S/C48H83N3O7/c1-33(2)16-14-17-34(3)38-20-21-39-37-19-18-35-32-36(24-26-47(35,10)40(37)25-27-48(38,39)11)56-42(53)23-22-41(52)51(31-15-29-50-44(55)58-46(7,8)9)30-13-12-28-49-43(54)57-45(4,5)6/h18,33-34,36-40H,12-17,19-32H2,1-11H3,(H,49,54)(H,50,55). The zero-order valence-electron chi connectivity index (χ0n) is 38.6. The van der Waals surface area contributed by atoms with E-state index in [2.05, 4.69) is 51.3 Å². The Morgan fingerprint density at radius 1 is 0.776 bits per heavy atom. The van der Waals surface area contributed by atoms with E-state index in [1.54, 1.807) is 4.90 Å². The highest BCUT2D eigenvalue weighted by molar-refractivity contribution is 5.81. The van der Waals surface area contributed by atoms with Gasteiger partial charge in [-0.25, -0.2) is 9.59 Å². The van der Waals surface area contributed by atoms with Crippen molar-refractivity contribution < 1.29 is 33.4 Å². The third-order valence-corrected chi connectivity index (χ3v) is 14.2. The zero-order chi connectivity index (χ0) is 42.9. The number of hydrogen-bond acceptors (Lipinski definition) is 7. The lowest BCUT2D eigenvalue weighted by Crippen LogP contribution is -2.51. The van der Waals surface area contributed by atoms with Crippen LogP contribution in [0.4, 0.5) is 9.59 Å². The first kappa shape index (κ1) is 47.9. The van der Waals surface area contributed by atoms with Gasteiger partial charge in [0, 0.05) is 39.0 Å².